The molecule has 0 bridgehead atoms. The number of hydrogen-bond acceptors (Lipinski definition) is 2. The maximum absolute atomic E-state index is 12.3. The molecule has 0 aromatic carbocycles. The van der Waals surface area contributed by atoms with Gasteiger partial charge in [-0.05, 0) is 6.92 Å². The monoisotopic (exact) mass is 207 g/mol. The van der Waals surface area contributed by atoms with Gasteiger partial charge in [0.15, 0.2) is 0 Å². The predicted molar refractivity (Wildman–Crippen MR) is 45.8 cm³/mol. The summed E-state index contributed by atoms with van der Waals surface area (Å²) in [4.78, 5) is 0. The molecular formula is C8H12F3N3. The second kappa shape index (κ2) is 4.00. The van der Waals surface area contributed by atoms with Gasteiger partial charge < -0.3 is 5.73 Å². The van der Waals surface area contributed by atoms with E-state index in [9.17, 15) is 13.2 Å². The van der Waals surface area contributed by atoms with Crippen LogP contribution in [0.5, 0.6) is 0 Å². The first-order valence-electron chi connectivity index (χ1n) is 4.24. The lowest BCUT2D eigenvalue weighted by Gasteiger charge is -2.12. The summed E-state index contributed by atoms with van der Waals surface area (Å²) in [7, 11) is 0. The van der Waals surface area contributed by atoms with Crippen molar-refractivity contribution in [1.29, 1.82) is 0 Å². The smallest absolute Gasteiger partial charge is 0.329 e. The maximum atomic E-state index is 12.3. The van der Waals surface area contributed by atoms with E-state index in [1.807, 2.05) is 0 Å². The lowest BCUT2D eigenvalue weighted by Crippen LogP contribution is -2.17. The van der Waals surface area contributed by atoms with Gasteiger partial charge in [-0.3, -0.25) is 4.68 Å². The fraction of sp³-hybridized carbons (Fsp3) is 0.625. The molecule has 14 heavy (non-hydrogen) atoms. The van der Waals surface area contributed by atoms with Crippen LogP contribution in [-0.4, -0.2) is 22.5 Å². The average Bonchev–Trinajstić information content (AvgIpc) is 2.50. The summed E-state index contributed by atoms with van der Waals surface area (Å²) in [6.45, 7) is 1.91. The molecule has 0 saturated heterocycles. The Bertz CT molecular complexity index is 292. The van der Waals surface area contributed by atoms with Crippen LogP contribution in [0.25, 0.3) is 0 Å². The summed E-state index contributed by atoms with van der Waals surface area (Å²) in [5.74, 6) is -1.48. The van der Waals surface area contributed by atoms with Crippen LogP contribution < -0.4 is 5.73 Å². The van der Waals surface area contributed by atoms with Crippen LogP contribution in [0.3, 0.4) is 0 Å². The topological polar surface area (TPSA) is 43.8 Å². The van der Waals surface area contributed by atoms with Crippen molar-refractivity contribution < 1.29 is 13.2 Å². The van der Waals surface area contributed by atoms with Gasteiger partial charge in [0.25, 0.3) is 0 Å². The zero-order valence-corrected chi connectivity index (χ0v) is 7.75. The number of rotatable bonds is 3. The molecule has 1 unspecified atom stereocenters. The van der Waals surface area contributed by atoms with Crippen molar-refractivity contribution in [3.8, 4) is 0 Å². The third kappa shape index (κ3) is 2.47. The lowest BCUT2D eigenvalue weighted by molar-refractivity contribution is -0.146. The summed E-state index contributed by atoms with van der Waals surface area (Å²) in [6.07, 6.45) is -1.60. The highest BCUT2D eigenvalue weighted by Crippen LogP contribution is 2.33. The van der Waals surface area contributed by atoms with Crippen molar-refractivity contribution in [2.75, 3.05) is 6.54 Å². The third-order valence-electron chi connectivity index (χ3n) is 2.00. The molecular weight excluding hydrogens is 195 g/mol. The molecule has 1 aromatic heterocycles. The van der Waals surface area contributed by atoms with E-state index < -0.39 is 12.1 Å². The quantitative estimate of drug-likeness (QED) is 0.816. The zero-order valence-electron chi connectivity index (χ0n) is 7.75. The molecule has 0 radical (unpaired) electrons. The van der Waals surface area contributed by atoms with Crippen molar-refractivity contribution in [1.82, 2.24) is 9.78 Å². The van der Waals surface area contributed by atoms with Gasteiger partial charge in [-0.1, -0.05) is 0 Å². The van der Waals surface area contributed by atoms with Gasteiger partial charge >= 0.3 is 6.18 Å². The first-order valence-corrected chi connectivity index (χ1v) is 4.24. The van der Waals surface area contributed by atoms with E-state index in [4.69, 9.17) is 5.73 Å². The van der Waals surface area contributed by atoms with Crippen LogP contribution in [0.15, 0.2) is 12.4 Å². The van der Waals surface area contributed by atoms with Gasteiger partial charge in [-0.25, -0.2) is 0 Å². The van der Waals surface area contributed by atoms with Gasteiger partial charge in [0, 0.05) is 18.3 Å². The maximum Gasteiger partial charge on any atom is 0.395 e. The number of aromatic nitrogens is 2. The van der Waals surface area contributed by atoms with Gasteiger partial charge in [-0.2, -0.15) is 18.3 Å². The Kier molecular flexibility index (Phi) is 3.15. The molecule has 0 aliphatic rings. The van der Waals surface area contributed by atoms with Crippen molar-refractivity contribution in [3.05, 3.63) is 18.0 Å². The van der Waals surface area contributed by atoms with Crippen molar-refractivity contribution >= 4 is 0 Å². The van der Waals surface area contributed by atoms with Crippen LogP contribution >= 0.6 is 0 Å². The Labute approximate surface area is 79.7 Å². The fourth-order valence-electron chi connectivity index (χ4n) is 1.05. The second-order valence-electron chi connectivity index (χ2n) is 3.09. The molecule has 0 aliphatic heterocycles. The van der Waals surface area contributed by atoms with Crippen LogP contribution in [0.2, 0.25) is 0 Å². The van der Waals surface area contributed by atoms with Gasteiger partial charge in [0.05, 0.1) is 18.7 Å². The number of halogens is 3. The second-order valence-corrected chi connectivity index (χ2v) is 3.09. The van der Waals surface area contributed by atoms with E-state index in [-0.39, 0.29) is 5.56 Å². The first kappa shape index (κ1) is 11.0. The van der Waals surface area contributed by atoms with E-state index >= 15 is 0 Å². The first-order chi connectivity index (χ1) is 6.45. The number of alkyl halides is 3. The van der Waals surface area contributed by atoms with E-state index in [0.717, 1.165) is 6.92 Å². The van der Waals surface area contributed by atoms with Crippen LogP contribution in [-0.2, 0) is 6.54 Å². The Morgan fingerprint density at radius 3 is 2.71 bits per heavy atom. The highest BCUT2D eigenvalue weighted by Gasteiger charge is 2.37. The van der Waals surface area contributed by atoms with Crippen molar-refractivity contribution in [2.24, 2.45) is 5.73 Å². The third-order valence-corrected chi connectivity index (χ3v) is 2.00. The van der Waals surface area contributed by atoms with Crippen LogP contribution in [0, 0.1) is 0 Å². The van der Waals surface area contributed by atoms with E-state index in [1.165, 1.54) is 17.1 Å². The molecule has 1 heterocycles. The Balaban J connectivity index is 2.76. The van der Waals surface area contributed by atoms with Crippen LogP contribution in [0.1, 0.15) is 18.4 Å². The van der Waals surface area contributed by atoms with Crippen molar-refractivity contribution in [2.45, 2.75) is 25.6 Å². The van der Waals surface area contributed by atoms with Gasteiger partial charge in [0.1, 0.15) is 0 Å². The zero-order chi connectivity index (χ0) is 10.8. The fourth-order valence-corrected chi connectivity index (χ4v) is 1.05. The van der Waals surface area contributed by atoms with Crippen LogP contribution in [0.4, 0.5) is 13.2 Å². The van der Waals surface area contributed by atoms with Gasteiger partial charge in [0.2, 0.25) is 0 Å². The molecule has 0 fully saturated rings. The highest BCUT2D eigenvalue weighted by molar-refractivity contribution is 5.12. The van der Waals surface area contributed by atoms with E-state index in [2.05, 4.69) is 5.10 Å². The molecule has 1 aromatic rings. The molecule has 6 heteroatoms. The average molecular weight is 207 g/mol. The summed E-state index contributed by atoms with van der Waals surface area (Å²) in [5, 5.41) is 3.78. The molecule has 0 saturated carbocycles. The number of nitrogens with two attached hydrogens (primary N) is 1. The molecule has 1 rings (SSSR count). The number of nitrogens with zero attached hydrogens (tertiary/aromatic N) is 2. The molecule has 80 valence electrons. The minimum Gasteiger partial charge on any atom is -0.329 e. The largest absolute Gasteiger partial charge is 0.395 e. The lowest BCUT2D eigenvalue weighted by atomic mass is 10.1. The molecule has 3 nitrogen and oxygen atoms in total. The summed E-state index contributed by atoms with van der Waals surface area (Å²) in [6, 6.07) is 0. The minimum atomic E-state index is -4.21. The molecule has 1 atom stereocenters. The van der Waals surface area contributed by atoms with Gasteiger partial charge in [-0.15, -0.1) is 0 Å². The standard InChI is InChI=1S/C8H12F3N3/c1-6(8(9,10)11)7-4-13-14(5-7)3-2-12/h4-6H,2-3,12H2,1H3. The Morgan fingerprint density at radius 1 is 1.57 bits per heavy atom. The SMILES string of the molecule is CC(c1cnn(CCN)c1)C(F)(F)F. The summed E-state index contributed by atoms with van der Waals surface area (Å²) < 4.78 is 38.2. The minimum absolute atomic E-state index is 0.172. The summed E-state index contributed by atoms with van der Waals surface area (Å²) in [5.41, 5.74) is 5.42. The Morgan fingerprint density at radius 2 is 2.21 bits per heavy atom. The molecule has 0 aliphatic carbocycles. The van der Waals surface area contributed by atoms with E-state index in [0.29, 0.717) is 13.1 Å². The van der Waals surface area contributed by atoms with E-state index in [1.54, 1.807) is 0 Å². The molecule has 0 spiro atoms. The predicted octanol–water partition coefficient (Wildman–Crippen LogP) is 1.51. The van der Waals surface area contributed by atoms with Crippen molar-refractivity contribution in [3.63, 3.8) is 0 Å². The molecule has 0 amide bonds. The Hall–Kier alpha value is -1.04. The number of hydrogen-bond donors (Lipinski definition) is 1. The summed E-state index contributed by atoms with van der Waals surface area (Å²) >= 11 is 0. The highest BCUT2D eigenvalue weighted by atomic mass is 19.4. The normalized spacial score (nSPS) is 14.4. The molecule has 2 N–H and O–H groups in total.